The second kappa shape index (κ2) is 4.92. The fraction of sp³-hybridized carbons (Fsp3) is 0.615. The van der Waals surface area contributed by atoms with Gasteiger partial charge in [-0.1, -0.05) is 13.8 Å². The maximum Gasteiger partial charge on any atom is 0.354 e. The van der Waals surface area contributed by atoms with Crippen molar-refractivity contribution < 1.29 is 9.90 Å². The third kappa shape index (κ3) is 3.18. The van der Waals surface area contributed by atoms with Crippen molar-refractivity contribution in [1.29, 1.82) is 0 Å². The Balaban J connectivity index is 1.98. The Kier molecular flexibility index (Phi) is 3.50. The second-order valence-corrected chi connectivity index (χ2v) is 5.65. The van der Waals surface area contributed by atoms with Gasteiger partial charge in [-0.3, -0.25) is 0 Å². The zero-order chi connectivity index (χ0) is 13.2. The molecule has 0 aliphatic heterocycles. The van der Waals surface area contributed by atoms with Crippen LogP contribution in [0.2, 0.25) is 0 Å². The highest BCUT2D eigenvalue weighted by Crippen LogP contribution is 2.35. The minimum atomic E-state index is -1.02. The van der Waals surface area contributed by atoms with Crippen LogP contribution in [0.4, 0.5) is 5.95 Å². The number of nitrogens with zero attached hydrogens (tertiary/aromatic N) is 2. The largest absolute Gasteiger partial charge is 0.477 e. The van der Waals surface area contributed by atoms with Gasteiger partial charge in [0.25, 0.3) is 0 Å². The SMILES string of the molecule is CC1(C)CCC(Nc2nccc(C(=O)O)n2)CC1. The average Bonchev–Trinajstić information content (AvgIpc) is 2.32. The molecule has 0 saturated heterocycles. The molecular formula is C13H19N3O2. The number of hydrogen-bond acceptors (Lipinski definition) is 4. The molecular weight excluding hydrogens is 230 g/mol. The first-order valence-corrected chi connectivity index (χ1v) is 6.29. The number of aromatic carboxylic acids is 1. The Bertz CT molecular complexity index is 436. The highest BCUT2D eigenvalue weighted by atomic mass is 16.4. The molecule has 98 valence electrons. The van der Waals surface area contributed by atoms with Gasteiger partial charge in [-0.05, 0) is 37.2 Å². The summed E-state index contributed by atoms with van der Waals surface area (Å²) < 4.78 is 0. The predicted molar refractivity (Wildman–Crippen MR) is 68.7 cm³/mol. The van der Waals surface area contributed by atoms with E-state index in [0.717, 1.165) is 12.8 Å². The van der Waals surface area contributed by atoms with Crippen molar-refractivity contribution in [2.75, 3.05) is 5.32 Å². The number of carbonyl (C=O) groups is 1. The molecule has 0 atom stereocenters. The van der Waals surface area contributed by atoms with Crippen LogP contribution in [0.5, 0.6) is 0 Å². The van der Waals surface area contributed by atoms with Crippen molar-refractivity contribution in [1.82, 2.24) is 9.97 Å². The van der Waals surface area contributed by atoms with Crippen LogP contribution in [0, 0.1) is 5.41 Å². The smallest absolute Gasteiger partial charge is 0.354 e. The standard InChI is InChI=1S/C13H19N3O2/c1-13(2)6-3-9(4-7-13)15-12-14-8-5-10(16-12)11(17)18/h5,8-9H,3-4,6-7H2,1-2H3,(H,17,18)(H,14,15,16). The van der Waals surface area contributed by atoms with E-state index in [1.54, 1.807) is 0 Å². The molecule has 1 aromatic rings. The molecule has 1 aliphatic rings. The van der Waals surface area contributed by atoms with E-state index >= 15 is 0 Å². The Morgan fingerprint density at radius 3 is 2.72 bits per heavy atom. The van der Waals surface area contributed by atoms with E-state index in [4.69, 9.17) is 5.11 Å². The number of rotatable bonds is 3. The number of hydrogen-bond donors (Lipinski definition) is 2. The van der Waals surface area contributed by atoms with Crippen LogP contribution in [-0.4, -0.2) is 27.1 Å². The Labute approximate surface area is 107 Å². The molecule has 1 aliphatic carbocycles. The highest BCUT2D eigenvalue weighted by molar-refractivity contribution is 5.85. The van der Waals surface area contributed by atoms with Crippen LogP contribution in [0.1, 0.15) is 50.0 Å². The monoisotopic (exact) mass is 249 g/mol. The molecule has 5 nitrogen and oxygen atoms in total. The molecule has 0 radical (unpaired) electrons. The van der Waals surface area contributed by atoms with Crippen molar-refractivity contribution >= 4 is 11.9 Å². The summed E-state index contributed by atoms with van der Waals surface area (Å²) in [6, 6.07) is 1.75. The zero-order valence-corrected chi connectivity index (χ0v) is 10.8. The summed E-state index contributed by atoms with van der Waals surface area (Å²) in [5.74, 6) is -0.607. The van der Waals surface area contributed by atoms with E-state index in [1.807, 2.05) is 0 Å². The van der Waals surface area contributed by atoms with Crippen molar-refractivity contribution in [2.45, 2.75) is 45.6 Å². The van der Waals surface area contributed by atoms with Gasteiger partial charge in [0.2, 0.25) is 5.95 Å². The Hall–Kier alpha value is -1.65. The lowest BCUT2D eigenvalue weighted by Gasteiger charge is -2.34. The van der Waals surface area contributed by atoms with Gasteiger partial charge in [0.1, 0.15) is 0 Å². The zero-order valence-electron chi connectivity index (χ0n) is 10.8. The van der Waals surface area contributed by atoms with Gasteiger partial charge in [0.15, 0.2) is 5.69 Å². The maximum absolute atomic E-state index is 10.8. The van der Waals surface area contributed by atoms with Crippen LogP contribution < -0.4 is 5.32 Å². The van der Waals surface area contributed by atoms with Gasteiger partial charge >= 0.3 is 5.97 Å². The first-order chi connectivity index (χ1) is 8.46. The minimum Gasteiger partial charge on any atom is -0.477 e. The van der Waals surface area contributed by atoms with Gasteiger partial charge in [-0.25, -0.2) is 14.8 Å². The van der Waals surface area contributed by atoms with Gasteiger partial charge in [0.05, 0.1) is 0 Å². The molecule has 0 bridgehead atoms. The van der Waals surface area contributed by atoms with Gasteiger partial charge in [-0.2, -0.15) is 0 Å². The Morgan fingerprint density at radius 1 is 1.44 bits per heavy atom. The Morgan fingerprint density at radius 2 is 2.11 bits per heavy atom. The summed E-state index contributed by atoms with van der Waals surface area (Å²) >= 11 is 0. The summed E-state index contributed by atoms with van der Waals surface area (Å²) in [5, 5.41) is 12.1. The number of carboxylic acids is 1. The van der Waals surface area contributed by atoms with Gasteiger partial charge < -0.3 is 10.4 Å². The number of nitrogens with one attached hydrogen (secondary N) is 1. The third-order valence-electron chi connectivity index (χ3n) is 3.55. The summed E-state index contributed by atoms with van der Waals surface area (Å²) in [6.45, 7) is 4.57. The molecule has 1 aromatic heterocycles. The molecule has 0 spiro atoms. The average molecular weight is 249 g/mol. The summed E-state index contributed by atoms with van der Waals surface area (Å²) in [7, 11) is 0. The molecule has 0 amide bonds. The first kappa shape index (κ1) is 12.8. The topological polar surface area (TPSA) is 75.1 Å². The van der Waals surface area contributed by atoms with Crippen LogP contribution in [-0.2, 0) is 0 Å². The van der Waals surface area contributed by atoms with E-state index in [1.165, 1.54) is 25.1 Å². The molecule has 0 unspecified atom stereocenters. The lowest BCUT2D eigenvalue weighted by molar-refractivity contribution is 0.0690. The summed E-state index contributed by atoms with van der Waals surface area (Å²) in [5.41, 5.74) is 0.450. The molecule has 1 heterocycles. The van der Waals surface area contributed by atoms with E-state index in [9.17, 15) is 4.79 Å². The van der Waals surface area contributed by atoms with E-state index in [0.29, 0.717) is 17.4 Å². The summed E-state index contributed by atoms with van der Waals surface area (Å²) in [4.78, 5) is 18.9. The fourth-order valence-corrected chi connectivity index (χ4v) is 2.27. The normalized spacial score (nSPS) is 19.4. The highest BCUT2D eigenvalue weighted by Gasteiger charge is 2.27. The van der Waals surface area contributed by atoms with E-state index in [2.05, 4.69) is 29.1 Å². The van der Waals surface area contributed by atoms with Crippen molar-refractivity contribution in [3.8, 4) is 0 Å². The van der Waals surface area contributed by atoms with E-state index < -0.39 is 5.97 Å². The van der Waals surface area contributed by atoms with Crippen molar-refractivity contribution in [3.63, 3.8) is 0 Å². The molecule has 2 rings (SSSR count). The van der Waals surface area contributed by atoms with Crippen molar-refractivity contribution in [2.24, 2.45) is 5.41 Å². The summed E-state index contributed by atoms with van der Waals surface area (Å²) in [6.07, 6.45) is 5.97. The quantitative estimate of drug-likeness (QED) is 0.861. The molecule has 1 fully saturated rings. The molecule has 0 aromatic carbocycles. The fourth-order valence-electron chi connectivity index (χ4n) is 2.27. The maximum atomic E-state index is 10.8. The van der Waals surface area contributed by atoms with Crippen LogP contribution >= 0.6 is 0 Å². The van der Waals surface area contributed by atoms with Gasteiger partial charge in [-0.15, -0.1) is 0 Å². The number of carboxylic acid groups (broad SMARTS) is 1. The minimum absolute atomic E-state index is 0.0311. The third-order valence-corrected chi connectivity index (χ3v) is 3.55. The van der Waals surface area contributed by atoms with E-state index in [-0.39, 0.29) is 5.69 Å². The van der Waals surface area contributed by atoms with Crippen LogP contribution in [0.25, 0.3) is 0 Å². The van der Waals surface area contributed by atoms with Crippen LogP contribution in [0.15, 0.2) is 12.3 Å². The first-order valence-electron chi connectivity index (χ1n) is 6.29. The molecule has 2 N–H and O–H groups in total. The van der Waals surface area contributed by atoms with Crippen molar-refractivity contribution in [3.05, 3.63) is 18.0 Å². The predicted octanol–water partition coefficient (Wildman–Crippen LogP) is 2.56. The second-order valence-electron chi connectivity index (χ2n) is 5.65. The number of aromatic nitrogens is 2. The lowest BCUT2D eigenvalue weighted by Crippen LogP contribution is -2.30. The lowest BCUT2D eigenvalue weighted by atomic mass is 9.76. The molecule has 5 heteroatoms. The van der Waals surface area contributed by atoms with Gasteiger partial charge in [0, 0.05) is 12.2 Å². The van der Waals surface area contributed by atoms with Crippen LogP contribution in [0.3, 0.4) is 0 Å². The molecule has 1 saturated carbocycles. The number of anilines is 1. The molecule has 18 heavy (non-hydrogen) atoms.